The minimum absolute atomic E-state index is 0.300. The Morgan fingerprint density at radius 1 is 0.656 bits per heavy atom. The molecule has 0 aromatic heterocycles. The van der Waals surface area contributed by atoms with E-state index in [1.54, 1.807) is 0 Å². The number of aryl methyl sites for hydroxylation is 2. The molecule has 0 spiro atoms. The summed E-state index contributed by atoms with van der Waals surface area (Å²) >= 11 is 0. The third-order valence-corrected chi connectivity index (χ3v) is 5.14. The Hall–Kier alpha value is -3.28. The normalized spacial score (nSPS) is 10.9. The second-order valence-corrected chi connectivity index (χ2v) is 7.86. The molecule has 3 aromatic carbocycles. The summed E-state index contributed by atoms with van der Waals surface area (Å²) < 4.78 is 21.8. The summed E-state index contributed by atoms with van der Waals surface area (Å²) in [6, 6.07) is 11.4. The van der Waals surface area contributed by atoms with Gasteiger partial charge in [-0.15, -0.1) is 0 Å². The Bertz CT molecular complexity index is 1030. The van der Waals surface area contributed by atoms with E-state index in [2.05, 4.69) is 0 Å². The third-order valence-electron chi connectivity index (χ3n) is 5.14. The lowest BCUT2D eigenvalue weighted by molar-refractivity contribution is 0.0970. The highest BCUT2D eigenvalue weighted by atomic mass is 16.7. The molecule has 6 nitrogen and oxygen atoms in total. The maximum Gasteiger partial charge on any atom is 0.513 e. The number of ether oxygens (including phenoxy) is 4. The smallest absolute Gasteiger partial charge is 0.434 e. The molecule has 0 N–H and O–H groups in total. The molecule has 0 heterocycles. The molecule has 3 rings (SSSR count). The van der Waals surface area contributed by atoms with Crippen molar-refractivity contribution in [1.29, 1.82) is 0 Å². The molecule has 0 fully saturated rings. The summed E-state index contributed by atoms with van der Waals surface area (Å²) in [4.78, 5) is 24.8. The van der Waals surface area contributed by atoms with Gasteiger partial charge in [-0.05, 0) is 38.8 Å². The van der Waals surface area contributed by atoms with Crippen molar-refractivity contribution in [3.63, 3.8) is 0 Å². The molecule has 0 aliphatic carbocycles. The van der Waals surface area contributed by atoms with Gasteiger partial charge in [0.15, 0.2) is 0 Å². The predicted molar refractivity (Wildman–Crippen MR) is 125 cm³/mol. The van der Waals surface area contributed by atoms with E-state index in [0.717, 1.165) is 36.8 Å². The molecule has 0 aliphatic heterocycles. The average Bonchev–Trinajstić information content (AvgIpc) is 2.76. The molecule has 32 heavy (non-hydrogen) atoms. The van der Waals surface area contributed by atoms with Crippen LogP contribution in [-0.2, 0) is 9.47 Å². The number of carbonyl (C=O) groups is 2. The zero-order chi connectivity index (χ0) is 23.1. The molecule has 6 heteroatoms. The largest absolute Gasteiger partial charge is 0.513 e. The summed E-state index contributed by atoms with van der Waals surface area (Å²) in [5, 5.41) is 2.62. The predicted octanol–water partition coefficient (Wildman–Crippen LogP) is 7.24. The van der Waals surface area contributed by atoms with Crippen molar-refractivity contribution in [2.24, 2.45) is 0 Å². The number of unbranched alkanes of at least 4 members (excludes halogenated alkanes) is 2. The Kier molecular flexibility index (Phi) is 7.92. The van der Waals surface area contributed by atoms with Gasteiger partial charge in [0.25, 0.3) is 0 Å². The van der Waals surface area contributed by atoms with Crippen LogP contribution >= 0.6 is 0 Å². The molecule has 0 amide bonds. The van der Waals surface area contributed by atoms with Gasteiger partial charge in [0, 0.05) is 21.5 Å². The first-order valence-electron chi connectivity index (χ1n) is 11.1. The highest BCUT2D eigenvalue weighted by molar-refractivity contribution is 6.12. The Balaban J connectivity index is 2.12. The van der Waals surface area contributed by atoms with Crippen molar-refractivity contribution in [3.8, 4) is 11.5 Å². The first-order chi connectivity index (χ1) is 15.4. The van der Waals surface area contributed by atoms with Crippen molar-refractivity contribution in [2.45, 2.75) is 53.4 Å². The van der Waals surface area contributed by atoms with Gasteiger partial charge in [-0.2, -0.15) is 0 Å². The van der Waals surface area contributed by atoms with E-state index < -0.39 is 12.3 Å². The molecule has 0 radical (unpaired) electrons. The second-order valence-electron chi connectivity index (χ2n) is 7.86. The van der Waals surface area contributed by atoms with Crippen molar-refractivity contribution in [1.82, 2.24) is 0 Å². The van der Waals surface area contributed by atoms with E-state index in [4.69, 9.17) is 18.9 Å². The van der Waals surface area contributed by atoms with Crippen molar-refractivity contribution in [3.05, 3.63) is 47.5 Å². The maximum absolute atomic E-state index is 12.4. The molecular weight excluding hydrogens is 408 g/mol. The van der Waals surface area contributed by atoms with Crippen LogP contribution in [0.2, 0.25) is 0 Å². The fourth-order valence-corrected chi connectivity index (χ4v) is 3.42. The van der Waals surface area contributed by atoms with E-state index in [0.29, 0.717) is 46.3 Å². The van der Waals surface area contributed by atoms with Crippen LogP contribution in [-0.4, -0.2) is 25.5 Å². The Morgan fingerprint density at radius 2 is 1.06 bits per heavy atom. The Labute approximate surface area is 188 Å². The molecule has 0 saturated heterocycles. The van der Waals surface area contributed by atoms with Gasteiger partial charge in [-0.25, -0.2) is 9.59 Å². The fraction of sp³-hybridized carbons (Fsp3) is 0.385. The molecule has 0 saturated carbocycles. The summed E-state index contributed by atoms with van der Waals surface area (Å²) in [6.45, 7) is 8.53. The van der Waals surface area contributed by atoms with E-state index in [1.165, 1.54) is 0 Å². The van der Waals surface area contributed by atoms with E-state index in [9.17, 15) is 9.59 Å². The van der Waals surface area contributed by atoms with Gasteiger partial charge in [-0.1, -0.05) is 62.1 Å². The van der Waals surface area contributed by atoms with Crippen LogP contribution in [0.3, 0.4) is 0 Å². The minimum atomic E-state index is -0.754. The number of hydrogen-bond donors (Lipinski definition) is 0. The van der Waals surface area contributed by atoms with Crippen LogP contribution in [0.25, 0.3) is 21.5 Å². The average molecular weight is 439 g/mol. The van der Waals surface area contributed by atoms with Gasteiger partial charge in [-0.3, -0.25) is 0 Å². The molecule has 3 aromatic rings. The zero-order valence-corrected chi connectivity index (χ0v) is 19.2. The molecule has 170 valence electrons. The molecular formula is C26H30O6. The Morgan fingerprint density at radius 3 is 1.44 bits per heavy atom. The topological polar surface area (TPSA) is 71.1 Å². The monoisotopic (exact) mass is 438 g/mol. The molecule has 0 bridgehead atoms. The number of carbonyl (C=O) groups excluding carboxylic acids is 2. The van der Waals surface area contributed by atoms with Crippen LogP contribution in [0.15, 0.2) is 36.4 Å². The van der Waals surface area contributed by atoms with Crippen molar-refractivity contribution in [2.75, 3.05) is 13.2 Å². The van der Waals surface area contributed by atoms with Crippen LogP contribution in [0.1, 0.15) is 50.7 Å². The quantitative estimate of drug-likeness (QED) is 0.160. The number of fused-ring (bicyclic) bond motifs is 2. The SMILES string of the molecule is CCCCOC(=O)Oc1c2ccc(C)cc2c(OC(=O)OCCCC)c2ccc(C)cc12. The fourth-order valence-electron chi connectivity index (χ4n) is 3.42. The van der Waals surface area contributed by atoms with E-state index in [-0.39, 0.29) is 0 Å². The summed E-state index contributed by atoms with van der Waals surface area (Å²) in [5.74, 6) is 0.763. The maximum atomic E-state index is 12.4. The van der Waals surface area contributed by atoms with Gasteiger partial charge in [0.05, 0.1) is 13.2 Å². The lowest BCUT2D eigenvalue weighted by atomic mass is 9.98. The van der Waals surface area contributed by atoms with Crippen LogP contribution < -0.4 is 9.47 Å². The first kappa shape index (κ1) is 23.4. The summed E-state index contributed by atoms with van der Waals surface area (Å²) in [7, 11) is 0. The highest BCUT2D eigenvalue weighted by Gasteiger charge is 2.21. The van der Waals surface area contributed by atoms with E-state index >= 15 is 0 Å². The lowest BCUT2D eigenvalue weighted by Gasteiger charge is -2.17. The summed E-state index contributed by atoms with van der Waals surface area (Å²) in [6.07, 6.45) is 1.85. The number of rotatable bonds is 8. The van der Waals surface area contributed by atoms with Gasteiger partial charge in [0.1, 0.15) is 11.5 Å². The minimum Gasteiger partial charge on any atom is -0.434 e. The standard InChI is InChI=1S/C26H30O6/c1-5-7-13-29-25(27)31-23-19-11-9-18(4)16-22(19)24(32-26(28)30-14-8-6-2)20-12-10-17(3)15-21(20)23/h9-12,15-16H,5-8,13-14H2,1-4H3. The van der Waals surface area contributed by atoms with Gasteiger partial charge < -0.3 is 18.9 Å². The van der Waals surface area contributed by atoms with E-state index in [1.807, 2.05) is 64.1 Å². The number of benzene rings is 3. The molecule has 0 unspecified atom stereocenters. The second kappa shape index (κ2) is 10.8. The van der Waals surface area contributed by atoms with Crippen LogP contribution in [0, 0.1) is 13.8 Å². The zero-order valence-electron chi connectivity index (χ0n) is 19.2. The highest BCUT2D eigenvalue weighted by Crippen LogP contribution is 2.43. The van der Waals surface area contributed by atoms with Gasteiger partial charge >= 0.3 is 12.3 Å². The van der Waals surface area contributed by atoms with Crippen molar-refractivity contribution < 1.29 is 28.5 Å². The molecule has 0 atom stereocenters. The van der Waals surface area contributed by atoms with Crippen LogP contribution in [0.4, 0.5) is 9.59 Å². The first-order valence-corrected chi connectivity index (χ1v) is 11.1. The summed E-state index contributed by atoms with van der Waals surface area (Å²) in [5.41, 5.74) is 1.95. The lowest BCUT2D eigenvalue weighted by Crippen LogP contribution is -2.14. The molecule has 0 aliphatic rings. The van der Waals surface area contributed by atoms with Crippen LogP contribution in [0.5, 0.6) is 11.5 Å². The third kappa shape index (κ3) is 5.49. The number of hydrogen-bond acceptors (Lipinski definition) is 6. The van der Waals surface area contributed by atoms with Gasteiger partial charge in [0.2, 0.25) is 0 Å². The van der Waals surface area contributed by atoms with Crippen molar-refractivity contribution >= 4 is 33.9 Å².